The zero-order valence-corrected chi connectivity index (χ0v) is 11.0. The Bertz CT molecular complexity index is 577. The number of aliphatic hydroxyl groups is 1. The molecule has 4 heteroatoms. The molecule has 100 valence electrons. The lowest BCUT2D eigenvalue weighted by atomic mass is 10.0. The van der Waals surface area contributed by atoms with E-state index in [0.717, 1.165) is 43.0 Å². The Kier molecular flexibility index (Phi) is 3.25. The molecular formula is C15H18N2O2. The minimum Gasteiger partial charge on any atom is -0.493 e. The Morgan fingerprint density at radius 3 is 3.16 bits per heavy atom. The second-order valence-electron chi connectivity index (χ2n) is 4.85. The molecule has 3 rings (SSSR count). The summed E-state index contributed by atoms with van der Waals surface area (Å²) in [6, 6.07) is 7.79. The second kappa shape index (κ2) is 5.05. The molecule has 0 spiro atoms. The first-order chi connectivity index (χ1) is 9.29. The second-order valence-corrected chi connectivity index (χ2v) is 4.85. The van der Waals surface area contributed by atoms with Crippen molar-refractivity contribution in [2.45, 2.75) is 32.4 Å². The minimum absolute atomic E-state index is 0.625. The quantitative estimate of drug-likeness (QED) is 0.915. The smallest absolute Gasteiger partial charge is 0.122 e. The third-order valence-electron chi connectivity index (χ3n) is 3.49. The summed E-state index contributed by atoms with van der Waals surface area (Å²) < 4.78 is 7.36. The van der Waals surface area contributed by atoms with Gasteiger partial charge < -0.3 is 9.84 Å². The largest absolute Gasteiger partial charge is 0.493 e. The van der Waals surface area contributed by atoms with E-state index in [1.807, 2.05) is 28.9 Å². The van der Waals surface area contributed by atoms with Gasteiger partial charge in [-0.05, 0) is 35.7 Å². The molecule has 0 fully saturated rings. The van der Waals surface area contributed by atoms with Gasteiger partial charge in [-0.2, -0.15) is 5.10 Å². The highest BCUT2D eigenvalue weighted by molar-refractivity contribution is 5.41. The average Bonchev–Trinajstić information content (AvgIpc) is 3.05. The van der Waals surface area contributed by atoms with Crippen molar-refractivity contribution in [3.05, 3.63) is 47.3 Å². The minimum atomic E-state index is -0.625. The summed E-state index contributed by atoms with van der Waals surface area (Å²) in [5.74, 6) is 0.943. The summed E-state index contributed by atoms with van der Waals surface area (Å²) >= 11 is 0. The normalized spacial score (nSPS) is 15.1. The van der Waals surface area contributed by atoms with Gasteiger partial charge in [0.25, 0.3) is 0 Å². The maximum Gasteiger partial charge on any atom is 0.122 e. The van der Waals surface area contributed by atoms with Crippen LogP contribution in [-0.4, -0.2) is 21.5 Å². The number of aliphatic hydroxyl groups excluding tert-OH is 1. The van der Waals surface area contributed by atoms with Crippen LogP contribution in [0.1, 0.15) is 36.3 Å². The Morgan fingerprint density at radius 1 is 1.42 bits per heavy atom. The number of aryl methyl sites for hydroxylation is 1. The first-order valence-corrected chi connectivity index (χ1v) is 6.75. The molecule has 0 saturated carbocycles. The van der Waals surface area contributed by atoms with Crippen LogP contribution in [0.25, 0.3) is 0 Å². The van der Waals surface area contributed by atoms with Crippen molar-refractivity contribution in [3.8, 4) is 5.75 Å². The summed E-state index contributed by atoms with van der Waals surface area (Å²) in [7, 11) is 0. The molecule has 1 atom stereocenters. The number of ether oxygens (including phenoxy) is 1. The lowest BCUT2D eigenvalue weighted by Crippen LogP contribution is -2.10. The summed E-state index contributed by atoms with van der Waals surface area (Å²) in [4.78, 5) is 0. The summed E-state index contributed by atoms with van der Waals surface area (Å²) in [6.45, 7) is 3.67. The van der Waals surface area contributed by atoms with Gasteiger partial charge in [-0.1, -0.05) is 13.0 Å². The van der Waals surface area contributed by atoms with Crippen molar-refractivity contribution in [2.24, 2.45) is 0 Å². The van der Waals surface area contributed by atoms with Crippen molar-refractivity contribution in [1.82, 2.24) is 9.78 Å². The van der Waals surface area contributed by atoms with Crippen LogP contribution in [0, 0.1) is 0 Å². The van der Waals surface area contributed by atoms with E-state index >= 15 is 0 Å². The highest BCUT2D eigenvalue weighted by Gasteiger charge is 2.19. The first kappa shape index (κ1) is 12.2. The van der Waals surface area contributed by atoms with Crippen molar-refractivity contribution in [2.75, 3.05) is 6.61 Å². The van der Waals surface area contributed by atoms with Crippen LogP contribution in [-0.2, 0) is 13.0 Å². The Morgan fingerprint density at radius 2 is 2.32 bits per heavy atom. The lowest BCUT2D eigenvalue weighted by molar-refractivity contribution is 0.207. The predicted octanol–water partition coefficient (Wildman–Crippen LogP) is 2.31. The number of hydrogen-bond acceptors (Lipinski definition) is 3. The van der Waals surface area contributed by atoms with E-state index in [1.165, 1.54) is 5.56 Å². The molecule has 0 saturated heterocycles. The number of hydrogen-bond donors (Lipinski definition) is 1. The summed E-state index contributed by atoms with van der Waals surface area (Å²) in [5, 5.41) is 14.8. The van der Waals surface area contributed by atoms with Crippen LogP contribution < -0.4 is 4.74 Å². The van der Waals surface area contributed by atoms with Gasteiger partial charge in [0, 0.05) is 19.2 Å². The molecule has 0 radical (unpaired) electrons. The van der Waals surface area contributed by atoms with E-state index in [2.05, 4.69) is 12.0 Å². The Hall–Kier alpha value is -1.81. The molecule has 1 unspecified atom stereocenters. The third-order valence-corrected chi connectivity index (χ3v) is 3.49. The van der Waals surface area contributed by atoms with Gasteiger partial charge in [0.05, 0.1) is 12.3 Å². The van der Waals surface area contributed by atoms with Gasteiger partial charge in [-0.3, -0.25) is 4.68 Å². The van der Waals surface area contributed by atoms with E-state index in [1.54, 1.807) is 6.20 Å². The van der Waals surface area contributed by atoms with Gasteiger partial charge in [-0.15, -0.1) is 0 Å². The SMILES string of the molecule is CCCn1nccc1C(O)c1ccc2c(c1)CCO2. The zero-order chi connectivity index (χ0) is 13.2. The molecule has 4 nitrogen and oxygen atoms in total. The van der Waals surface area contributed by atoms with Crippen LogP contribution in [0.5, 0.6) is 5.75 Å². The van der Waals surface area contributed by atoms with Crippen LogP contribution in [0.15, 0.2) is 30.5 Å². The summed E-state index contributed by atoms with van der Waals surface area (Å²) in [5.41, 5.74) is 2.93. The van der Waals surface area contributed by atoms with Gasteiger partial charge in [0.1, 0.15) is 11.9 Å². The maximum absolute atomic E-state index is 10.5. The molecule has 0 aliphatic carbocycles. The highest BCUT2D eigenvalue weighted by Crippen LogP contribution is 2.30. The third kappa shape index (κ3) is 2.24. The van der Waals surface area contributed by atoms with Crippen molar-refractivity contribution in [3.63, 3.8) is 0 Å². The number of aromatic nitrogens is 2. The molecule has 2 aromatic rings. The average molecular weight is 258 g/mol. The summed E-state index contributed by atoms with van der Waals surface area (Å²) in [6.07, 6.45) is 3.04. The van der Waals surface area contributed by atoms with E-state index in [4.69, 9.17) is 4.74 Å². The van der Waals surface area contributed by atoms with Crippen molar-refractivity contribution in [1.29, 1.82) is 0 Å². The van der Waals surface area contributed by atoms with Crippen LogP contribution in [0.2, 0.25) is 0 Å². The molecular weight excluding hydrogens is 240 g/mol. The van der Waals surface area contributed by atoms with Crippen molar-refractivity contribution >= 4 is 0 Å². The Balaban J connectivity index is 1.90. The topological polar surface area (TPSA) is 47.3 Å². The van der Waals surface area contributed by atoms with E-state index in [9.17, 15) is 5.11 Å². The zero-order valence-electron chi connectivity index (χ0n) is 11.0. The first-order valence-electron chi connectivity index (χ1n) is 6.75. The van der Waals surface area contributed by atoms with Crippen LogP contribution in [0.4, 0.5) is 0 Å². The van der Waals surface area contributed by atoms with Gasteiger partial charge in [0.2, 0.25) is 0 Å². The Labute approximate surface area is 112 Å². The fraction of sp³-hybridized carbons (Fsp3) is 0.400. The van der Waals surface area contributed by atoms with Gasteiger partial charge in [-0.25, -0.2) is 0 Å². The number of fused-ring (bicyclic) bond motifs is 1. The fourth-order valence-electron chi connectivity index (χ4n) is 2.52. The van der Waals surface area contributed by atoms with Crippen molar-refractivity contribution < 1.29 is 9.84 Å². The molecule has 0 amide bonds. The lowest BCUT2D eigenvalue weighted by Gasteiger charge is -2.14. The molecule has 1 aromatic carbocycles. The molecule has 19 heavy (non-hydrogen) atoms. The number of benzene rings is 1. The van der Waals surface area contributed by atoms with Gasteiger partial charge >= 0.3 is 0 Å². The monoisotopic (exact) mass is 258 g/mol. The molecule has 1 aliphatic heterocycles. The predicted molar refractivity (Wildman–Crippen MR) is 72.2 cm³/mol. The van der Waals surface area contributed by atoms with Gasteiger partial charge in [0.15, 0.2) is 0 Å². The highest BCUT2D eigenvalue weighted by atomic mass is 16.5. The fourth-order valence-corrected chi connectivity index (χ4v) is 2.52. The van der Waals surface area contributed by atoms with E-state index < -0.39 is 6.10 Å². The molecule has 1 aromatic heterocycles. The maximum atomic E-state index is 10.5. The molecule has 2 heterocycles. The van der Waals surface area contributed by atoms with Crippen LogP contribution >= 0.6 is 0 Å². The molecule has 1 aliphatic rings. The molecule has 0 bridgehead atoms. The van der Waals surface area contributed by atoms with E-state index in [-0.39, 0.29) is 0 Å². The standard InChI is InChI=1S/C15H18N2O2/c1-2-8-17-13(5-7-16-17)15(18)12-3-4-14-11(10-12)6-9-19-14/h3-5,7,10,15,18H,2,6,8-9H2,1H3. The molecule has 1 N–H and O–H groups in total. The van der Waals surface area contributed by atoms with Crippen LogP contribution in [0.3, 0.4) is 0 Å². The van der Waals surface area contributed by atoms with E-state index in [0.29, 0.717) is 0 Å². The number of rotatable bonds is 4. The number of nitrogens with zero attached hydrogens (tertiary/aromatic N) is 2.